The van der Waals surface area contributed by atoms with Crippen molar-refractivity contribution < 1.29 is 9.90 Å². The van der Waals surface area contributed by atoms with Gasteiger partial charge in [0.15, 0.2) is 0 Å². The topological polar surface area (TPSA) is 145 Å². The van der Waals surface area contributed by atoms with Gasteiger partial charge in [-0.1, -0.05) is 90.9 Å². The van der Waals surface area contributed by atoms with E-state index in [1.807, 2.05) is 4.90 Å². The number of nitrogens with two attached hydrogens (primary N) is 4. The van der Waals surface area contributed by atoms with Crippen molar-refractivity contribution in [2.24, 2.45) is 22.9 Å². The van der Waals surface area contributed by atoms with Crippen molar-refractivity contribution in [3.05, 3.63) is 0 Å². The zero-order chi connectivity index (χ0) is 23.6. The molecule has 0 aromatic heterocycles. The second-order valence-corrected chi connectivity index (χ2v) is 9.67. The van der Waals surface area contributed by atoms with Gasteiger partial charge >= 0.3 is 5.97 Å². The molecule has 0 radical (unpaired) electrons. The van der Waals surface area contributed by atoms with Crippen molar-refractivity contribution in [1.82, 2.24) is 4.90 Å². The molecule has 0 aromatic rings. The standard InChI is InChI=1S/C24H53N5O2/c1-3-5-7-9-11-13-15-23(25,26)17-19-29(21-22(30)31)20-18-24(27,28)16-14-12-10-8-6-4-2/h3-21,25-28H2,1-2H3,(H,30,31). The van der Waals surface area contributed by atoms with Crippen LogP contribution >= 0.6 is 0 Å². The lowest BCUT2D eigenvalue weighted by Gasteiger charge is -2.31. The largest absolute Gasteiger partial charge is 0.480 e. The molecule has 0 bridgehead atoms. The fourth-order valence-electron chi connectivity index (χ4n) is 3.91. The van der Waals surface area contributed by atoms with Gasteiger partial charge in [-0.05, 0) is 25.7 Å². The predicted molar refractivity (Wildman–Crippen MR) is 132 cm³/mol. The van der Waals surface area contributed by atoms with E-state index in [1.165, 1.54) is 51.4 Å². The smallest absolute Gasteiger partial charge is 0.317 e. The number of carbonyl (C=O) groups is 1. The van der Waals surface area contributed by atoms with Gasteiger partial charge in [0.05, 0.1) is 17.9 Å². The van der Waals surface area contributed by atoms with Gasteiger partial charge < -0.3 is 28.0 Å². The molecule has 0 fully saturated rings. The molecule has 0 aliphatic rings. The highest BCUT2D eigenvalue weighted by molar-refractivity contribution is 5.69. The Labute approximate surface area is 191 Å². The summed E-state index contributed by atoms with van der Waals surface area (Å²) in [7, 11) is 0. The van der Waals surface area contributed by atoms with Crippen LogP contribution in [0.15, 0.2) is 0 Å². The molecule has 0 spiro atoms. The maximum atomic E-state index is 11.3. The molecule has 9 N–H and O–H groups in total. The highest BCUT2D eigenvalue weighted by Gasteiger charge is 2.24. The van der Waals surface area contributed by atoms with Crippen molar-refractivity contribution in [1.29, 1.82) is 0 Å². The van der Waals surface area contributed by atoms with E-state index in [0.717, 1.165) is 38.5 Å². The number of hydrogen-bond donors (Lipinski definition) is 5. The summed E-state index contributed by atoms with van der Waals surface area (Å²) in [5, 5.41) is 9.26. The molecule has 0 saturated heterocycles. The Morgan fingerprint density at radius 1 is 0.645 bits per heavy atom. The summed E-state index contributed by atoms with van der Waals surface area (Å²) in [6.45, 7) is 5.47. The number of aliphatic carboxylic acids is 1. The number of carboxylic acid groups (broad SMARTS) is 1. The first-order chi connectivity index (χ1) is 14.6. The number of carboxylic acids is 1. The Morgan fingerprint density at radius 3 is 1.35 bits per heavy atom. The Bertz CT molecular complexity index is 412. The lowest BCUT2D eigenvalue weighted by atomic mass is 9.97. The van der Waals surface area contributed by atoms with E-state index in [2.05, 4.69) is 13.8 Å². The highest BCUT2D eigenvalue weighted by atomic mass is 16.4. The van der Waals surface area contributed by atoms with Gasteiger partial charge in [0.1, 0.15) is 0 Å². The molecule has 7 heteroatoms. The molecule has 31 heavy (non-hydrogen) atoms. The van der Waals surface area contributed by atoms with Gasteiger partial charge in [-0.25, -0.2) is 0 Å². The van der Waals surface area contributed by atoms with Gasteiger partial charge in [-0.3, -0.25) is 9.69 Å². The maximum absolute atomic E-state index is 11.3. The molecule has 186 valence electrons. The summed E-state index contributed by atoms with van der Waals surface area (Å²) < 4.78 is 0. The van der Waals surface area contributed by atoms with Crippen LogP contribution in [0.25, 0.3) is 0 Å². The zero-order valence-corrected chi connectivity index (χ0v) is 20.5. The monoisotopic (exact) mass is 443 g/mol. The van der Waals surface area contributed by atoms with E-state index >= 15 is 0 Å². The number of nitrogens with zero attached hydrogens (tertiary/aromatic N) is 1. The summed E-state index contributed by atoms with van der Waals surface area (Å²) in [6.07, 6.45) is 17.0. The van der Waals surface area contributed by atoms with Crippen molar-refractivity contribution >= 4 is 5.97 Å². The summed E-state index contributed by atoms with van der Waals surface area (Å²) in [6, 6.07) is 0. The number of rotatable bonds is 22. The fraction of sp³-hybridized carbons (Fsp3) is 0.958. The third-order valence-corrected chi connectivity index (χ3v) is 6.14. The first-order valence-electron chi connectivity index (χ1n) is 12.7. The molecule has 0 atom stereocenters. The lowest BCUT2D eigenvalue weighted by molar-refractivity contribution is -0.138. The average molecular weight is 444 g/mol. The van der Waals surface area contributed by atoms with Crippen LogP contribution in [0.3, 0.4) is 0 Å². The molecule has 0 aliphatic heterocycles. The first kappa shape index (κ1) is 30.3. The SMILES string of the molecule is CCCCCCCCC(N)(N)CCN(CCC(N)(N)CCCCCCCC)CC(=O)O. The summed E-state index contributed by atoms with van der Waals surface area (Å²) in [5.74, 6) is -0.855. The molecule has 0 unspecified atom stereocenters. The van der Waals surface area contributed by atoms with Crippen LogP contribution < -0.4 is 22.9 Å². The van der Waals surface area contributed by atoms with Crippen molar-refractivity contribution in [2.75, 3.05) is 19.6 Å². The van der Waals surface area contributed by atoms with Crippen LogP contribution in [-0.2, 0) is 4.79 Å². The molecule has 0 aromatic carbocycles. The van der Waals surface area contributed by atoms with E-state index in [0.29, 0.717) is 25.9 Å². The fourth-order valence-corrected chi connectivity index (χ4v) is 3.91. The van der Waals surface area contributed by atoms with Crippen molar-refractivity contribution in [3.8, 4) is 0 Å². The second-order valence-electron chi connectivity index (χ2n) is 9.67. The minimum absolute atomic E-state index is 0.0415. The molecule has 0 amide bonds. The summed E-state index contributed by atoms with van der Waals surface area (Å²) in [4.78, 5) is 13.2. The molecular weight excluding hydrogens is 390 g/mol. The summed E-state index contributed by atoms with van der Waals surface area (Å²) >= 11 is 0. The predicted octanol–water partition coefficient (Wildman–Crippen LogP) is 3.88. The van der Waals surface area contributed by atoms with Crippen LogP contribution in [0.2, 0.25) is 0 Å². The van der Waals surface area contributed by atoms with E-state index in [9.17, 15) is 9.90 Å². The third-order valence-electron chi connectivity index (χ3n) is 6.14. The lowest BCUT2D eigenvalue weighted by Crippen LogP contribution is -2.53. The van der Waals surface area contributed by atoms with Gasteiger partial charge in [-0.15, -0.1) is 0 Å². The van der Waals surface area contributed by atoms with Crippen LogP contribution in [0.4, 0.5) is 0 Å². The Hall–Kier alpha value is -0.730. The van der Waals surface area contributed by atoms with Gasteiger partial charge in [0, 0.05) is 13.1 Å². The van der Waals surface area contributed by atoms with E-state index in [4.69, 9.17) is 22.9 Å². The van der Waals surface area contributed by atoms with Gasteiger partial charge in [0.25, 0.3) is 0 Å². The minimum Gasteiger partial charge on any atom is -0.480 e. The number of hydrogen-bond acceptors (Lipinski definition) is 6. The second kappa shape index (κ2) is 17.8. The minimum atomic E-state index is -0.855. The number of unbranched alkanes of at least 4 members (excludes halogenated alkanes) is 10. The molecule has 0 saturated carbocycles. The molecule has 0 heterocycles. The van der Waals surface area contributed by atoms with E-state index in [1.54, 1.807) is 0 Å². The maximum Gasteiger partial charge on any atom is 0.317 e. The Kier molecular flexibility index (Phi) is 17.4. The third kappa shape index (κ3) is 19.7. The van der Waals surface area contributed by atoms with Gasteiger partial charge in [0.2, 0.25) is 0 Å². The zero-order valence-electron chi connectivity index (χ0n) is 20.5. The Balaban J connectivity index is 4.29. The van der Waals surface area contributed by atoms with Crippen LogP contribution in [0.1, 0.15) is 117 Å². The van der Waals surface area contributed by atoms with Crippen LogP contribution in [0.5, 0.6) is 0 Å². The molecule has 7 nitrogen and oxygen atoms in total. The molecular formula is C24H53N5O2. The Morgan fingerprint density at radius 2 is 1.00 bits per heavy atom. The van der Waals surface area contributed by atoms with Gasteiger partial charge in [-0.2, -0.15) is 0 Å². The van der Waals surface area contributed by atoms with E-state index in [-0.39, 0.29) is 6.54 Å². The van der Waals surface area contributed by atoms with Crippen LogP contribution in [-0.4, -0.2) is 46.9 Å². The van der Waals surface area contributed by atoms with Crippen molar-refractivity contribution in [2.45, 2.75) is 128 Å². The van der Waals surface area contributed by atoms with Crippen LogP contribution in [0, 0.1) is 0 Å². The van der Waals surface area contributed by atoms with E-state index < -0.39 is 17.3 Å². The van der Waals surface area contributed by atoms with Crippen molar-refractivity contribution in [3.63, 3.8) is 0 Å². The average Bonchev–Trinajstić information content (AvgIpc) is 2.69. The normalized spacial score (nSPS) is 12.6. The molecule has 0 rings (SSSR count). The first-order valence-corrected chi connectivity index (χ1v) is 12.7. The highest BCUT2D eigenvalue weighted by Crippen LogP contribution is 2.16. The molecule has 0 aliphatic carbocycles. The summed E-state index contributed by atoms with van der Waals surface area (Å²) in [5.41, 5.74) is 23.6. The quantitative estimate of drug-likeness (QED) is 0.126.